The molecule has 1 N–H and O–H groups in total. The third kappa shape index (κ3) is 3.29. The van der Waals surface area contributed by atoms with Gasteiger partial charge in [0.15, 0.2) is 5.57 Å². The number of imidazole rings is 1. The number of aromatic nitrogens is 2. The van der Waals surface area contributed by atoms with Crippen LogP contribution in [0.1, 0.15) is 19.5 Å². The topological polar surface area (TPSA) is 82.5 Å². The number of hydrogen-bond acceptors (Lipinski definition) is 6. The highest BCUT2D eigenvalue weighted by Crippen LogP contribution is 2.23. The Morgan fingerprint density at radius 1 is 1.12 bits per heavy atom. The molecule has 7 heteroatoms. The molecule has 0 atom stereocenters. The van der Waals surface area contributed by atoms with Gasteiger partial charge in [0.05, 0.1) is 12.0 Å². The average molecular weight is 327 g/mol. The van der Waals surface area contributed by atoms with E-state index in [1.54, 1.807) is 6.33 Å². The Morgan fingerprint density at radius 2 is 1.75 bits per heavy atom. The molecule has 2 heterocycles. The molecule has 3 rings (SSSR count). The van der Waals surface area contributed by atoms with Gasteiger partial charge >= 0.3 is 11.9 Å². The zero-order valence-corrected chi connectivity index (χ0v) is 13.6. The van der Waals surface area contributed by atoms with Crippen LogP contribution in [0.25, 0.3) is 5.69 Å². The zero-order valence-electron chi connectivity index (χ0n) is 13.6. The molecular weight excluding hydrogens is 310 g/mol. The second kappa shape index (κ2) is 5.84. The number of hydrogen-bond donors (Lipinski definition) is 1. The second-order valence-corrected chi connectivity index (χ2v) is 5.85. The Balaban J connectivity index is 1.72. The van der Waals surface area contributed by atoms with E-state index >= 15 is 0 Å². The highest BCUT2D eigenvalue weighted by Gasteiger charge is 2.38. The number of aryl methyl sites for hydroxylation is 1. The van der Waals surface area contributed by atoms with Crippen LogP contribution in [0.4, 0.5) is 5.69 Å². The minimum absolute atomic E-state index is 0.177. The fraction of sp³-hybridized carbons (Fsp3) is 0.235. The van der Waals surface area contributed by atoms with Gasteiger partial charge in [-0.15, -0.1) is 0 Å². The fourth-order valence-electron chi connectivity index (χ4n) is 2.23. The number of rotatable bonds is 3. The van der Waals surface area contributed by atoms with Crippen molar-refractivity contribution in [1.29, 1.82) is 0 Å². The van der Waals surface area contributed by atoms with Crippen molar-refractivity contribution in [2.24, 2.45) is 0 Å². The van der Waals surface area contributed by atoms with E-state index in [0.29, 0.717) is 5.69 Å². The van der Waals surface area contributed by atoms with Gasteiger partial charge in [0.1, 0.15) is 0 Å². The predicted octanol–water partition coefficient (Wildman–Crippen LogP) is 2.31. The van der Waals surface area contributed by atoms with Gasteiger partial charge in [0.25, 0.3) is 5.79 Å². The molecule has 7 nitrogen and oxygen atoms in total. The van der Waals surface area contributed by atoms with Crippen molar-refractivity contribution in [2.45, 2.75) is 26.6 Å². The van der Waals surface area contributed by atoms with Gasteiger partial charge < -0.3 is 19.4 Å². The molecule has 0 saturated carbocycles. The monoisotopic (exact) mass is 327 g/mol. The summed E-state index contributed by atoms with van der Waals surface area (Å²) in [5, 5.41) is 2.90. The van der Waals surface area contributed by atoms with Crippen LogP contribution in [0.15, 0.2) is 48.6 Å². The SMILES string of the molecule is Cc1cn(-c2ccc(NC=C3C(=O)OC(C)(C)OC3=O)cc2)cn1. The van der Waals surface area contributed by atoms with Crippen LogP contribution in [0.5, 0.6) is 0 Å². The third-order valence-corrected chi connectivity index (χ3v) is 3.38. The van der Waals surface area contributed by atoms with Crippen LogP contribution in [0.3, 0.4) is 0 Å². The summed E-state index contributed by atoms with van der Waals surface area (Å²) in [6.07, 6.45) is 4.94. The fourth-order valence-corrected chi connectivity index (χ4v) is 2.23. The third-order valence-electron chi connectivity index (χ3n) is 3.38. The minimum Gasteiger partial charge on any atom is -0.419 e. The van der Waals surface area contributed by atoms with Crippen LogP contribution in [-0.2, 0) is 19.1 Å². The first-order valence-electron chi connectivity index (χ1n) is 7.38. The van der Waals surface area contributed by atoms with Gasteiger partial charge in [0.2, 0.25) is 0 Å². The normalized spacial score (nSPS) is 16.4. The van der Waals surface area contributed by atoms with Crippen molar-refractivity contribution in [3.63, 3.8) is 0 Å². The molecule has 24 heavy (non-hydrogen) atoms. The van der Waals surface area contributed by atoms with Crippen molar-refractivity contribution in [1.82, 2.24) is 9.55 Å². The first kappa shape index (κ1) is 15.8. The van der Waals surface area contributed by atoms with Gasteiger partial charge in [-0.2, -0.15) is 0 Å². The lowest BCUT2D eigenvalue weighted by Gasteiger charge is -2.29. The van der Waals surface area contributed by atoms with Crippen molar-refractivity contribution in [3.05, 3.63) is 54.3 Å². The van der Waals surface area contributed by atoms with E-state index in [4.69, 9.17) is 9.47 Å². The summed E-state index contributed by atoms with van der Waals surface area (Å²) < 4.78 is 11.9. The first-order valence-corrected chi connectivity index (χ1v) is 7.38. The van der Waals surface area contributed by atoms with Gasteiger partial charge in [0, 0.05) is 37.6 Å². The molecule has 1 aliphatic rings. The maximum atomic E-state index is 11.8. The summed E-state index contributed by atoms with van der Waals surface area (Å²) in [7, 11) is 0. The number of carbonyl (C=O) groups is 2. The highest BCUT2D eigenvalue weighted by atomic mass is 16.7. The Hall–Kier alpha value is -3.09. The molecule has 0 aliphatic carbocycles. The smallest absolute Gasteiger partial charge is 0.350 e. The number of carbonyl (C=O) groups excluding carboxylic acids is 2. The summed E-state index contributed by atoms with van der Waals surface area (Å²) in [4.78, 5) is 27.9. The van der Waals surface area contributed by atoms with Crippen molar-refractivity contribution in [3.8, 4) is 5.69 Å². The summed E-state index contributed by atoms with van der Waals surface area (Å²) in [6.45, 7) is 4.93. The van der Waals surface area contributed by atoms with Gasteiger partial charge in [-0.05, 0) is 31.2 Å². The lowest BCUT2D eigenvalue weighted by atomic mass is 10.2. The van der Waals surface area contributed by atoms with E-state index in [1.165, 1.54) is 20.0 Å². The minimum atomic E-state index is -1.24. The van der Waals surface area contributed by atoms with E-state index < -0.39 is 17.7 Å². The van der Waals surface area contributed by atoms with E-state index in [0.717, 1.165) is 11.4 Å². The molecule has 1 aliphatic heterocycles. The average Bonchev–Trinajstić information content (AvgIpc) is 2.92. The number of nitrogens with one attached hydrogen (secondary N) is 1. The summed E-state index contributed by atoms with van der Waals surface area (Å²) in [6, 6.07) is 7.43. The quantitative estimate of drug-likeness (QED) is 0.529. The molecule has 1 saturated heterocycles. The highest BCUT2D eigenvalue weighted by molar-refractivity contribution is 6.15. The molecule has 0 radical (unpaired) electrons. The van der Waals surface area contributed by atoms with Crippen LogP contribution in [0, 0.1) is 6.92 Å². The van der Waals surface area contributed by atoms with E-state index in [9.17, 15) is 9.59 Å². The largest absolute Gasteiger partial charge is 0.419 e. The molecule has 0 amide bonds. The molecule has 0 bridgehead atoms. The maximum absolute atomic E-state index is 11.8. The molecule has 1 aromatic carbocycles. The van der Waals surface area contributed by atoms with Crippen molar-refractivity contribution in [2.75, 3.05) is 5.32 Å². The Bertz CT molecular complexity index is 797. The predicted molar refractivity (Wildman–Crippen MR) is 86.3 cm³/mol. The van der Waals surface area contributed by atoms with Crippen molar-refractivity contribution >= 4 is 17.6 Å². The molecule has 0 unspecified atom stereocenters. The number of benzene rings is 1. The van der Waals surface area contributed by atoms with E-state index in [1.807, 2.05) is 42.0 Å². The van der Waals surface area contributed by atoms with Gasteiger partial charge in [-0.25, -0.2) is 14.6 Å². The Labute approximate surface area is 138 Å². The van der Waals surface area contributed by atoms with Gasteiger partial charge in [-0.3, -0.25) is 0 Å². The summed E-state index contributed by atoms with van der Waals surface area (Å²) >= 11 is 0. The van der Waals surface area contributed by atoms with Crippen molar-refractivity contribution < 1.29 is 19.1 Å². The van der Waals surface area contributed by atoms with Crippen LogP contribution in [0.2, 0.25) is 0 Å². The van der Waals surface area contributed by atoms with E-state index in [-0.39, 0.29) is 5.57 Å². The lowest BCUT2D eigenvalue weighted by molar-refractivity contribution is -0.222. The van der Waals surface area contributed by atoms with Gasteiger partial charge in [-0.1, -0.05) is 0 Å². The first-order chi connectivity index (χ1) is 11.3. The Morgan fingerprint density at radius 3 is 2.29 bits per heavy atom. The number of cyclic esters (lactones) is 2. The summed E-state index contributed by atoms with van der Waals surface area (Å²) in [5.41, 5.74) is 2.42. The molecule has 2 aromatic rings. The number of ether oxygens (including phenoxy) is 2. The molecule has 0 spiro atoms. The molecule has 1 fully saturated rings. The number of nitrogens with zero attached hydrogens (tertiary/aromatic N) is 2. The van der Waals surface area contributed by atoms with E-state index in [2.05, 4.69) is 10.3 Å². The number of anilines is 1. The second-order valence-electron chi connectivity index (χ2n) is 5.85. The lowest BCUT2D eigenvalue weighted by Crippen LogP contribution is -2.42. The van der Waals surface area contributed by atoms with Crippen LogP contribution in [-0.4, -0.2) is 27.3 Å². The zero-order chi connectivity index (χ0) is 17.3. The Kier molecular flexibility index (Phi) is 3.84. The number of esters is 2. The van der Waals surface area contributed by atoms with Crippen LogP contribution < -0.4 is 5.32 Å². The molecule has 1 aromatic heterocycles. The standard InChI is InChI=1S/C17H17N3O4/c1-11-9-20(10-19-11)13-6-4-12(5-7-13)18-8-14-15(21)23-17(2,3)24-16(14)22/h4-10,18H,1-3H3. The maximum Gasteiger partial charge on any atom is 0.350 e. The summed E-state index contributed by atoms with van der Waals surface area (Å²) in [5.74, 6) is -2.67. The molecule has 124 valence electrons. The van der Waals surface area contributed by atoms with Crippen LogP contribution >= 0.6 is 0 Å². The molecular formula is C17H17N3O4.